The van der Waals surface area contributed by atoms with Crippen molar-refractivity contribution in [3.05, 3.63) is 40.0 Å². The molecule has 0 bridgehead atoms. The number of unbranched alkanes of at least 4 members (excludes halogenated alkanes) is 3. The standard InChI is InChI=1S/C22H33O7.3C4H9.Sn/c1-6-18(27-15-24-4)20(23)21(19-14-28-22(7-2,8-3)29-19)26-13-16-9-11-17(25-5)12-10-16;3*1-3-4-2;/h9-12,18-21,23H,1,7-8,13-15H2,2-5H3;3*1,3-4H2,2H3;/t18-,19+,20-,21-;;;;/m1..../s1. The Hall–Kier alpha value is -0.681. The normalized spacial score (nSPS) is 19.0. The van der Waals surface area contributed by atoms with Crippen LogP contribution in [0.4, 0.5) is 0 Å². The number of aliphatic hydroxyl groups is 1. The third-order valence-electron chi connectivity index (χ3n) is 8.99. The van der Waals surface area contributed by atoms with E-state index >= 15 is 0 Å². The molecule has 1 aliphatic heterocycles. The zero-order chi connectivity index (χ0) is 31.0. The number of hydrogen-bond donors (Lipinski definition) is 1. The zero-order valence-electron chi connectivity index (χ0n) is 27.6. The van der Waals surface area contributed by atoms with Gasteiger partial charge < -0.3 is 0 Å². The Morgan fingerprint density at radius 3 is 1.98 bits per heavy atom. The third kappa shape index (κ3) is 10.5. The minimum absolute atomic E-state index is 0.0825. The Labute approximate surface area is 260 Å². The summed E-state index contributed by atoms with van der Waals surface area (Å²) in [4.78, 5) is 0. The van der Waals surface area contributed by atoms with Crippen molar-refractivity contribution >= 4 is 18.4 Å². The molecule has 1 fully saturated rings. The van der Waals surface area contributed by atoms with Crippen LogP contribution in [-0.4, -0.2) is 81.3 Å². The summed E-state index contributed by atoms with van der Waals surface area (Å²) in [7, 11) is 3.28. The molecule has 2 rings (SSSR count). The van der Waals surface area contributed by atoms with Gasteiger partial charge in [0, 0.05) is 0 Å². The topological polar surface area (TPSA) is 75.6 Å². The predicted molar refractivity (Wildman–Crippen MR) is 173 cm³/mol. The van der Waals surface area contributed by atoms with Crippen molar-refractivity contribution in [3.63, 3.8) is 0 Å². The van der Waals surface area contributed by atoms with Crippen LogP contribution in [0.15, 0.2) is 34.4 Å². The van der Waals surface area contributed by atoms with E-state index in [-0.39, 0.29) is 6.79 Å². The van der Waals surface area contributed by atoms with E-state index in [1.807, 2.05) is 24.3 Å². The molecule has 0 aromatic heterocycles. The van der Waals surface area contributed by atoms with Gasteiger partial charge in [-0.25, -0.2) is 0 Å². The van der Waals surface area contributed by atoms with Crippen molar-refractivity contribution in [2.45, 2.75) is 136 Å². The fourth-order valence-electron chi connectivity index (χ4n) is 6.12. The third-order valence-corrected chi connectivity index (χ3v) is 24.9. The Balaban J connectivity index is 2.47. The van der Waals surface area contributed by atoms with E-state index in [4.69, 9.17) is 35.0 Å². The van der Waals surface area contributed by atoms with Gasteiger partial charge >= 0.3 is 261 Å². The Morgan fingerprint density at radius 1 is 0.952 bits per heavy atom. The van der Waals surface area contributed by atoms with E-state index < -0.39 is 48.6 Å². The molecule has 0 spiro atoms. The molecule has 0 unspecified atom stereocenters. The number of ether oxygens (including phenoxy) is 6. The van der Waals surface area contributed by atoms with E-state index in [0.29, 0.717) is 13.2 Å². The summed E-state index contributed by atoms with van der Waals surface area (Å²) < 4.78 is 41.3. The molecule has 0 saturated carbocycles. The summed E-state index contributed by atoms with van der Waals surface area (Å²) in [6, 6.07) is 7.80. The predicted octanol–water partition coefficient (Wildman–Crippen LogP) is 7.81. The molecule has 7 nitrogen and oxygen atoms in total. The van der Waals surface area contributed by atoms with Crippen LogP contribution in [0.25, 0.3) is 0 Å². The molecule has 1 aromatic carbocycles. The molecule has 1 heterocycles. The molecular formula is C34H60O7Sn. The SMILES string of the molecule is C=[C]([C@@H](OCOC)[C@@H](O)[C@H](OCc1ccc(OC)cc1)[C@@H]1COC(CC)(CC)O1)[Sn]([CH2]CCC)([CH2]CCC)[CH2]CCC. The average molecular weight is 700 g/mol. The van der Waals surface area contributed by atoms with Crippen molar-refractivity contribution < 1.29 is 33.5 Å². The first-order valence-corrected chi connectivity index (χ1v) is 23.8. The molecule has 0 aliphatic carbocycles. The van der Waals surface area contributed by atoms with Crippen LogP contribution in [0.3, 0.4) is 0 Å². The number of methoxy groups -OCH3 is 2. The second kappa shape index (κ2) is 19.7. The van der Waals surface area contributed by atoms with Crippen LogP contribution in [0, 0.1) is 0 Å². The van der Waals surface area contributed by atoms with Crippen LogP contribution in [0.2, 0.25) is 13.3 Å². The molecule has 1 aliphatic rings. The number of benzene rings is 1. The van der Waals surface area contributed by atoms with Crippen LogP contribution < -0.4 is 4.74 Å². The van der Waals surface area contributed by atoms with Crippen molar-refractivity contribution in [1.82, 2.24) is 0 Å². The van der Waals surface area contributed by atoms with Crippen molar-refractivity contribution in [3.8, 4) is 5.75 Å². The first kappa shape index (κ1) is 37.5. The second-order valence-electron chi connectivity index (χ2n) is 11.8. The van der Waals surface area contributed by atoms with Crippen molar-refractivity contribution in [2.75, 3.05) is 27.6 Å². The summed E-state index contributed by atoms with van der Waals surface area (Å²) in [5, 5.41) is 12.3. The molecule has 0 amide bonds. The van der Waals surface area contributed by atoms with Gasteiger partial charge in [0.05, 0.1) is 0 Å². The number of rotatable bonds is 23. The average Bonchev–Trinajstić information content (AvgIpc) is 3.46. The van der Waals surface area contributed by atoms with Gasteiger partial charge in [0.2, 0.25) is 0 Å². The van der Waals surface area contributed by atoms with Crippen LogP contribution in [0.1, 0.15) is 91.5 Å². The maximum atomic E-state index is 12.3. The van der Waals surface area contributed by atoms with E-state index in [9.17, 15) is 5.11 Å². The second-order valence-corrected chi connectivity index (χ2v) is 25.2. The van der Waals surface area contributed by atoms with Crippen molar-refractivity contribution in [2.24, 2.45) is 0 Å². The van der Waals surface area contributed by atoms with Gasteiger partial charge in [-0.2, -0.15) is 0 Å². The maximum absolute atomic E-state index is 12.3. The van der Waals surface area contributed by atoms with Crippen LogP contribution >= 0.6 is 0 Å². The Bertz CT molecular complexity index is 851. The van der Waals surface area contributed by atoms with E-state index in [0.717, 1.165) is 47.0 Å². The van der Waals surface area contributed by atoms with Crippen LogP contribution in [0.5, 0.6) is 5.75 Å². The zero-order valence-corrected chi connectivity index (χ0v) is 30.5. The van der Waals surface area contributed by atoms with Gasteiger partial charge in [-0.1, -0.05) is 0 Å². The molecule has 1 aromatic rings. The van der Waals surface area contributed by atoms with Gasteiger partial charge in [-0.05, 0) is 0 Å². The summed E-state index contributed by atoms with van der Waals surface area (Å²) in [5.74, 6) is 0.121. The fraction of sp³-hybridized carbons (Fsp3) is 0.765. The molecule has 8 heteroatoms. The van der Waals surface area contributed by atoms with Gasteiger partial charge in [0.15, 0.2) is 0 Å². The monoisotopic (exact) mass is 700 g/mol. The van der Waals surface area contributed by atoms with Crippen molar-refractivity contribution in [1.29, 1.82) is 0 Å². The quantitative estimate of drug-likeness (QED) is 0.0923. The van der Waals surface area contributed by atoms with Gasteiger partial charge in [-0.15, -0.1) is 0 Å². The Kier molecular flexibility index (Phi) is 17.5. The fourth-order valence-corrected chi connectivity index (χ4v) is 22.3. The molecule has 0 radical (unpaired) electrons. The van der Waals surface area contributed by atoms with E-state index in [2.05, 4.69) is 34.6 Å². The van der Waals surface area contributed by atoms with Gasteiger partial charge in [0.1, 0.15) is 0 Å². The molecule has 1 saturated heterocycles. The molecule has 4 atom stereocenters. The summed E-state index contributed by atoms with van der Waals surface area (Å²) in [6.07, 6.45) is 5.84. The molecule has 42 heavy (non-hydrogen) atoms. The first-order valence-electron chi connectivity index (χ1n) is 16.3. The summed E-state index contributed by atoms with van der Waals surface area (Å²) in [5.41, 5.74) is 0.986. The minimum atomic E-state index is -3.01. The number of hydrogen-bond acceptors (Lipinski definition) is 7. The van der Waals surface area contributed by atoms with Gasteiger partial charge in [-0.3, -0.25) is 0 Å². The molecular weight excluding hydrogens is 639 g/mol. The van der Waals surface area contributed by atoms with E-state index in [1.165, 1.54) is 32.6 Å². The first-order chi connectivity index (χ1) is 20.3. The summed E-state index contributed by atoms with van der Waals surface area (Å²) >= 11 is -3.01. The molecule has 242 valence electrons. The van der Waals surface area contributed by atoms with Crippen LogP contribution in [-0.2, 0) is 30.3 Å². The Morgan fingerprint density at radius 2 is 1.52 bits per heavy atom. The van der Waals surface area contributed by atoms with Gasteiger partial charge in [0.25, 0.3) is 0 Å². The molecule has 1 N–H and O–H groups in total. The van der Waals surface area contributed by atoms with E-state index in [1.54, 1.807) is 14.2 Å². The number of aliphatic hydroxyl groups excluding tert-OH is 1. The summed E-state index contributed by atoms with van der Waals surface area (Å²) in [6.45, 7) is 16.5.